The van der Waals surface area contributed by atoms with Crippen molar-refractivity contribution in [1.29, 1.82) is 0 Å². The van der Waals surface area contributed by atoms with Gasteiger partial charge in [0.1, 0.15) is 0 Å². The summed E-state index contributed by atoms with van der Waals surface area (Å²) in [6.07, 6.45) is 8.20. The van der Waals surface area contributed by atoms with E-state index in [1.807, 2.05) is 0 Å². The zero-order valence-corrected chi connectivity index (χ0v) is 17.8. The first kappa shape index (κ1) is 21.8. The van der Waals surface area contributed by atoms with Gasteiger partial charge in [0, 0.05) is 48.9 Å². The van der Waals surface area contributed by atoms with Gasteiger partial charge >= 0.3 is 0 Å². The zero-order valence-electron chi connectivity index (χ0n) is 17.8. The second kappa shape index (κ2) is 9.38. The number of benzene rings is 1. The van der Waals surface area contributed by atoms with Crippen LogP contribution in [-0.4, -0.2) is 27.4 Å². The molecule has 0 radical (unpaired) electrons. The molecule has 1 aromatic carbocycles. The van der Waals surface area contributed by atoms with Crippen LogP contribution in [0.15, 0.2) is 55.0 Å². The molecule has 0 atom stereocenters. The maximum atomic E-state index is 13.6. The second-order valence-electron chi connectivity index (χ2n) is 8.18. The van der Waals surface area contributed by atoms with Crippen LogP contribution >= 0.6 is 0 Å². The lowest BCUT2D eigenvalue weighted by Gasteiger charge is -2.12. The summed E-state index contributed by atoms with van der Waals surface area (Å²) in [6, 6.07) is 10.1. The Morgan fingerprint density at radius 2 is 1.91 bits per heavy atom. The summed E-state index contributed by atoms with van der Waals surface area (Å²) in [7, 11) is 0. The molecule has 0 spiro atoms. The lowest BCUT2D eigenvalue weighted by molar-refractivity contribution is -0.115. The molecule has 4 rings (SSSR count). The molecule has 2 aromatic heterocycles. The fourth-order valence-corrected chi connectivity index (χ4v) is 3.33. The molecule has 2 N–H and O–H groups in total. The molecular weight excluding hydrogens is 412 g/mol. The Hall–Kier alpha value is -3.42. The number of aromatic nitrogens is 3. The molecule has 6 nitrogen and oxygen atoms in total. The van der Waals surface area contributed by atoms with Crippen molar-refractivity contribution < 1.29 is 13.6 Å². The van der Waals surface area contributed by atoms with Crippen molar-refractivity contribution in [3.05, 3.63) is 66.2 Å². The van der Waals surface area contributed by atoms with Crippen molar-refractivity contribution >= 4 is 17.5 Å². The maximum Gasteiger partial charge on any atom is 0.272 e. The minimum absolute atomic E-state index is 0.124. The fourth-order valence-electron chi connectivity index (χ4n) is 3.33. The first-order chi connectivity index (χ1) is 15.4. The summed E-state index contributed by atoms with van der Waals surface area (Å²) in [5, 5.41) is 6.04. The summed E-state index contributed by atoms with van der Waals surface area (Å²) in [5.41, 5.74) is 2.43. The highest BCUT2D eigenvalue weighted by Gasteiger charge is 2.25. The van der Waals surface area contributed by atoms with Crippen molar-refractivity contribution in [3.63, 3.8) is 0 Å². The van der Waals surface area contributed by atoms with Crippen LogP contribution in [0, 0.1) is 5.92 Å². The highest BCUT2D eigenvalue weighted by molar-refractivity contribution is 5.92. The minimum atomic E-state index is -2.95. The quantitative estimate of drug-likeness (QED) is 0.490. The van der Waals surface area contributed by atoms with Gasteiger partial charge in [-0.2, -0.15) is 0 Å². The van der Waals surface area contributed by atoms with Gasteiger partial charge in [0.15, 0.2) is 0 Å². The molecular formula is C24H25F2N5O. The van der Waals surface area contributed by atoms with Gasteiger partial charge in [-0.1, -0.05) is 25.0 Å². The van der Waals surface area contributed by atoms with E-state index in [0.29, 0.717) is 22.9 Å². The third-order valence-corrected chi connectivity index (χ3v) is 5.33. The molecule has 32 heavy (non-hydrogen) atoms. The number of carbonyl (C=O) groups is 1. The summed E-state index contributed by atoms with van der Waals surface area (Å²) in [6.45, 7) is 1.68. The Balaban J connectivity index is 1.34. The number of pyridine rings is 1. The lowest BCUT2D eigenvalue weighted by Crippen LogP contribution is -2.16. The van der Waals surface area contributed by atoms with E-state index in [1.165, 1.54) is 31.3 Å². The molecule has 1 aliphatic rings. The number of rotatable bonds is 9. The van der Waals surface area contributed by atoms with E-state index >= 15 is 0 Å². The molecule has 0 bridgehead atoms. The van der Waals surface area contributed by atoms with Gasteiger partial charge in [0.25, 0.3) is 5.92 Å². The Labute approximate surface area is 185 Å². The molecule has 0 unspecified atom stereocenters. The van der Waals surface area contributed by atoms with Crippen molar-refractivity contribution in [2.45, 2.75) is 38.5 Å². The molecule has 1 amide bonds. The Morgan fingerprint density at radius 3 is 2.62 bits per heavy atom. The summed E-state index contributed by atoms with van der Waals surface area (Å²) in [4.78, 5) is 24.9. The third kappa shape index (κ3) is 6.06. The van der Waals surface area contributed by atoms with Crippen LogP contribution < -0.4 is 10.6 Å². The standard InChI is InChI=1S/C24H25F2N5O/c1-24(25,26)19-12-18(14-27-15-19)17-4-6-20(7-5-17)30-22(32)13-21-9-11-29-23(31-21)28-10-8-16-2-3-16/h4-7,9,11-12,14-16H,2-3,8,10,13H2,1H3,(H,30,32)(H,28,29,31). The van der Waals surface area contributed by atoms with Crippen LogP contribution in [-0.2, 0) is 17.1 Å². The summed E-state index contributed by atoms with van der Waals surface area (Å²) < 4.78 is 27.1. The number of anilines is 2. The van der Waals surface area contributed by atoms with E-state index in [0.717, 1.165) is 31.4 Å². The average molecular weight is 437 g/mol. The minimum Gasteiger partial charge on any atom is -0.354 e. The number of hydrogen-bond donors (Lipinski definition) is 2. The Morgan fingerprint density at radius 1 is 1.12 bits per heavy atom. The van der Waals surface area contributed by atoms with Crippen LogP contribution in [0.3, 0.4) is 0 Å². The highest BCUT2D eigenvalue weighted by atomic mass is 19.3. The lowest BCUT2D eigenvalue weighted by atomic mass is 10.0. The topological polar surface area (TPSA) is 79.8 Å². The molecule has 3 aromatic rings. The molecule has 166 valence electrons. The van der Waals surface area contributed by atoms with Gasteiger partial charge in [-0.25, -0.2) is 18.7 Å². The van der Waals surface area contributed by atoms with Crippen LogP contribution in [0.5, 0.6) is 0 Å². The van der Waals surface area contributed by atoms with Gasteiger partial charge in [0.2, 0.25) is 11.9 Å². The van der Waals surface area contributed by atoms with Crippen LogP contribution in [0.1, 0.15) is 37.4 Å². The van der Waals surface area contributed by atoms with Crippen LogP contribution in [0.2, 0.25) is 0 Å². The van der Waals surface area contributed by atoms with E-state index < -0.39 is 5.92 Å². The SMILES string of the molecule is CC(F)(F)c1cncc(-c2ccc(NC(=O)Cc3ccnc(NCCC4CC4)n3)cc2)c1. The molecule has 1 saturated carbocycles. The Kier molecular flexibility index (Phi) is 6.39. The smallest absolute Gasteiger partial charge is 0.272 e. The molecule has 2 heterocycles. The number of halogens is 2. The van der Waals surface area contributed by atoms with E-state index in [2.05, 4.69) is 25.6 Å². The van der Waals surface area contributed by atoms with Crippen molar-refractivity contribution in [1.82, 2.24) is 15.0 Å². The average Bonchev–Trinajstić information content (AvgIpc) is 3.58. The normalized spacial score (nSPS) is 13.6. The first-order valence-corrected chi connectivity index (χ1v) is 10.7. The number of hydrogen-bond acceptors (Lipinski definition) is 5. The monoisotopic (exact) mass is 437 g/mol. The van der Waals surface area contributed by atoms with E-state index in [4.69, 9.17) is 0 Å². The second-order valence-corrected chi connectivity index (χ2v) is 8.18. The zero-order chi connectivity index (χ0) is 22.6. The van der Waals surface area contributed by atoms with Gasteiger partial charge < -0.3 is 10.6 Å². The van der Waals surface area contributed by atoms with Gasteiger partial charge in [-0.15, -0.1) is 0 Å². The number of carbonyl (C=O) groups excluding carboxylic acids is 1. The van der Waals surface area contributed by atoms with Crippen molar-refractivity contribution in [2.75, 3.05) is 17.2 Å². The summed E-state index contributed by atoms with van der Waals surface area (Å²) in [5.74, 6) is -1.79. The van der Waals surface area contributed by atoms with E-state index in [-0.39, 0.29) is 17.9 Å². The predicted molar refractivity (Wildman–Crippen MR) is 119 cm³/mol. The molecule has 1 fully saturated rings. The number of nitrogens with zero attached hydrogens (tertiary/aromatic N) is 3. The fraction of sp³-hybridized carbons (Fsp3) is 0.333. The number of nitrogens with one attached hydrogen (secondary N) is 2. The molecule has 0 saturated heterocycles. The first-order valence-electron chi connectivity index (χ1n) is 10.7. The van der Waals surface area contributed by atoms with Crippen LogP contribution in [0.4, 0.5) is 20.4 Å². The van der Waals surface area contributed by atoms with Crippen molar-refractivity contribution in [2.24, 2.45) is 5.92 Å². The molecule has 8 heteroatoms. The van der Waals surface area contributed by atoms with Gasteiger partial charge in [-0.3, -0.25) is 9.78 Å². The summed E-state index contributed by atoms with van der Waals surface area (Å²) >= 11 is 0. The molecule has 1 aliphatic carbocycles. The third-order valence-electron chi connectivity index (χ3n) is 5.33. The highest BCUT2D eigenvalue weighted by Crippen LogP contribution is 2.32. The predicted octanol–water partition coefficient (Wildman–Crippen LogP) is 5.04. The van der Waals surface area contributed by atoms with Crippen LogP contribution in [0.25, 0.3) is 11.1 Å². The maximum absolute atomic E-state index is 13.6. The van der Waals surface area contributed by atoms with Gasteiger partial charge in [-0.05, 0) is 42.2 Å². The van der Waals surface area contributed by atoms with Gasteiger partial charge in [0.05, 0.1) is 12.1 Å². The molecule has 0 aliphatic heterocycles. The largest absolute Gasteiger partial charge is 0.354 e. The van der Waals surface area contributed by atoms with Crippen molar-refractivity contribution in [3.8, 4) is 11.1 Å². The Bertz CT molecular complexity index is 1080. The number of alkyl halides is 2. The van der Waals surface area contributed by atoms with E-state index in [9.17, 15) is 13.6 Å². The van der Waals surface area contributed by atoms with E-state index in [1.54, 1.807) is 36.5 Å². The number of amides is 1.